The van der Waals surface area contributed by atoms with E-state index in [0.29, 0.717) is 11.4 Å². The number of amides is 1. The summed E-state index contributed by atoms with van der Waals surface area (Å²) in [5.74, 6) is -0.0509. The first-order valence-corrected chi connectivity index (χ1v) is 10.3. The molecule has 0 spiro atoms. The minimum atomic E-state index is -0.0509. The molecule has 1 N–H and O–H groups in total. The van der Waals surface area contributed by atoms with Gasteiger partial charge < -0.3 is 5.32 Å². The molecule has 4 rings (SSSR count). The molecule has 4 aromatic rings. The number of carbonyl (C=O) groups is 1. The number of thiophene rings is 1. The fourth-order valence-electron chi connectivity index (χ4n) is 3.08. The molecule has 0 bridgehead atoms. The molecule has 0 radical (unpaired) electrons. The number of nitrogens with one attached hydrogen (secondary N) is 1. The van der Waals surface area contributed by atoms with Gasteiger partial charge in [0.1, 0.15) is 4.83 Å². The van der Waals surface area contributed by atoms with E-state index in [1.54, 1.807) is 0 Å². The van der Waals surface area contributed by atoms with Gasteiger partial charge in [-0.1, -0.05) is 41.4 Å². The van der Waals surface area contributed by atoms with Crippen LogP contribution in [0, 0.1) is 13.8 Å². The van der Waals surface area contributed by atoms with E-state index in [9.17, 15) is 4.79 Å². The van der Waals surface area contributed by atoms with Gasteiger partial charge in [-0.15, -0.1) is 11.3 Å². The Kier molecular flexibility index (Phi) is 5.20. The van der Waals surface area contributed by atoms with E-state index in [1.165, 1.54) is 16.9 Å². The second-order valence-corrected chi connectivity index (χ2v) is 8.26. The Balaban J connectivity index is 1.51. The first-order chi connectivity index (χ1) is 13.5. The number of hydrogen-bond acceptors (Lipinski definition) is 3. The second-order valence-electron chi connectivity index (χ2n) is 6.79. The summed E-state index contributed by atoms with van der Waals surface area (Å²) in [6.07, 6.45) is 0.768. The number of aromatic nitrogens is 2. The minimum Gasteiger partial charge on any atom is -0.351 e. The lowest BCUT2D eigenvalue weighted by Gasteiger charge is -2.04. The van der Waals surface area contributed by atoms with Crippen LogP contribution in [0.2, 0.25) is 5.02 Å². The molecule has 0 fully saturated rings. The Morgan fingerprint density at radius 3 is 2.54 bits per heavy atom. The number of aryl methyl sites for hydroxylation is 2. The smallest absolute Gasteiger partial charge is 0.261 e. The monoisotopic (exact) mass is 409 g/mol. The highest BCUT2D eigenvalue weighted by Crippen LogP contribution is 2.30. The van der Waals surface area contributed by atoms with Crippen molar-refractivity contribution >= 4 is 39.1 Å². The highest BCUT2D eigenvalue weighted by Gasteiger charge is 2.17. The van der Waals surface area contributed by atoms with Gasteiger partial charge >= 0.3 is 0 Å². The zero-order valence-electron chi connectivity index (χ0n) is 15.7. The van der Waals surface area contributed by atoms with Crippen LogP contribution in [0.3, 0.4) is 0 Å². The molecule has 0 aliphatic rings. The van der Waals surface area contributed by atoms with E-state index in [1.807, 2.05) is 54.1 Å². The molecule has 2 heterocycles. The van der Waals surface area contributed by atoms with Crippen LogP contribution in [-0.4, -0.2) is 22.2 Å². The summed E-state index contributed by atoms with van der Waals surface area (Å²) in [4.78, 5) is 14.3. The Morgan fingerprint density at radius 2 is 1.82 bits per heavy atom. The van der Waals surface area contributed by atoms with Gasteiger partial charge in [0.15, 0.2) is 0 Å². The molecule has 0 saturated carbocycles. The van der Waals surface area contributed by atoms with Gasteiger partial charge in [-0.3, -0.25) is 4.79 Å². The number of hydrogen-bond donors (Lipinski definition) is 1. The Labute approximate surface area is 172 Å². The van der Waals surface area contributed by atoms with Crippen molar-refractivity contribution in [2.24, 2.45) is 0 Å². The van der Waals surface area contributed by atoms with Gasteiger partial charge in [0, 0.05) is 17.0 Å². The Morgan fingerprint density at radius 1 is 1.11 bits per heavy atom. The lowest BCUT2D eigenvalue weighted by atomic mass is 10.1. The lowest BCUT2D eigenvalue weighted by molar-refractivity contribution is 0.0958. The molecule has 6 heteroatoms. The first-order valence-electron chi connectivity index (χ1n) is 9.10. The van der Waals surface area contributed by atoms with Crippen molar-refractivity contribution in [3.05, 3.63) is 81.3 Å². The molecule has 4 nitrogen and oxygen atoms in total. The van der Waals surface area contributed by atoms with Gasteiger partial charge in [-0.25, -0.2) is 4.68 Å². The van der Waals surface area contributed by atoms with Crippen molar-refractivity contribution in [2.45, 2.75) is 20.3 Å². The molecule has 0 atom stereocenters. The van der Waals surface area contributed by atoms with E-state index in [0.717, 1.165) is 38.6 Å². The fourth-order valence-corrected chi connectivity index (χ4v) is 4.30. The molecule has 0 aliphatic carbocycles. The Hall–Kier alpha value is -2.63. The number of nitrogens with zero attached hydrogens (tertiary/aromatic N) is 2. The van der Waals surface area contributed by atoms with Gasteiger partial charge in [-0.05, 0) is 56.2 Å². The van der Waals surface area contributed by atoms with Crippen molar-refractivity contribution < 1.29 is 4.79 Å². The summed E-state index contributed by atoms with van der Waals surface area (Å²) >= 11 is 7.38. The predicted molar refractivity (Wildman–Crippen MR) is 116 cm³/mol. The van der Waals surface area contributed by atoms with Crippen LogP contribution in [0.5, 0.6) is 0 Å². The number of halogens is 1. The van der Waals surface area contributed by atoms with E-state index in [2.05, 4.69) is 29.5 Å². The average molecular weight is 410 g/mol. The predicted octanol–water partition coefficient (Wildman–Crippen LogP) is 5.33. The molecule has 0 aliphatic heterocycles. The molecule has 2 aromatic heterocycles. The van der Waals surface area contributed by atoms with Gasteiger partial charge in [0.05, 0.1) is 16.3 Å². The average Bonchev–Trinajstić information content (AvgIpc) is 3.25. The fraction of sp³-hybridized carbons (Fsp3) is 0.182. The van der Waals surface area contributed by atoms with Crippen molar-refractivity contribution in [1.82, 2.24) is 15.1 Å². The van der Waals surface area contributed by atoms with Crippen molar-refractivity contribution in [3.8, 4) is 5.69 Å². The molecular weight excluding hydrogens is 390 g/mol. The van der Waals surface area contributed by atoms with E-state index in [-0.39, 0.29) is 5.91 Å². The maximum absolute atomic E-state index is 12.6. The van der Waals surface area contributed by atoms with Crippen LogP contribution in [0.15, 0.2) is 54.6 Å². The van der Waals surface area contributed by atoms with Crippen LogP contribution >= 0.6 is 22.9 Å². The number of fused-ring (bicyclic) bond motifs is 1. The van der Waals surface area contributed by atoms with Crippen LogP contribution < -0.4 is 5.32 Å². The third-order valence-electron chi connectivity index (χ3n) is 4.66. The number of carbonyl (C=O) groups excluding carboxylic acids is 1. The van der Waals surface area contributed by atoms with Crippen LogP contribution in [0.25, 0.3) is 15.9 Å². The maximum atomic E-state index is 12.6. The van der Waals surface area contributed by atoms with Gasteiger partial charge in [0.25, 0.3) is 5.91 Å². The van der Waals surface area contributed by atoms with Crippen LogP contribution in [-0.2, 0) is 6.42 Å². The topological polar surface area (TPSA) is 46.9 Å². The van der Waals surface area contributed by atoms with Crippen molar-refractivity contribution in [2.75, 3.05) is 6.54 Å². The molecule has 1 amide bonds. The maximum Gasteiger partial charge on any atom is 0.261 e. The van der Waals surface area contributed by atoms with Gasteiger partial charge in [-0.2, -0.15) is 5.10 Å². The van der Waals surface area contributed by atoms with Crippen LogP contribution in [0.1, 0.15) is 26.5 Å². The number of benzene rings is 2. The summed E-state index contributed by atoms with van der Waals surface area (Å²) < 4.78 is 1.92. The highest BCUT2D eigenvalue weighted by atomic mass is 35.5. The lowest BCUT2D eigenvalue weighted by Crippen LogP contribution is -2.24. The van der Waals surface area contributed by atoms with E-state index >= 15 is 0 Å². The summed E-state index contributed by atoms with van der Waals surface area (Å²) in [5.41, 5.74) is 4.27. The summed E-state index contributed by atoms with van der Waals surface area (Å²) in [6.45, 7) is 4.62. The molecular formula is C22H20ClN3OS. The largest absolute Gasteiger partial charge is 0.351 e. The summed E-state index contributed by atoms with van der Waals surface area (Å²) in [5, 5.41) is 9.39. The zero-order chi connectivity index (χ0) is 19.7. The Bertz CT molecular complexity index is 1130. The van der Waals surface area contributed by atoms with E-state index in [4.69, 9.17) is 11.6 Å². The molecule has 0 saturated heterocycles. The van der Waals surface area contributed by atoms with Gasteiger partial charge in [0.2, 0.25) is 0 Å². The molecule has 142 valence electrons. The zero-order valence-corrected chi connectivity index (χ0v) is 17.3. The highest BCUT2D eigenvalue weighted by molar-refractivity contribution is 7.20. The SMILES string of the molecule is Cc1ccc(-n2nc(C)c3cc(C(=O)NCCc4ccc(Cl)cc4)sc32)cc1. The van der Waals surface area contributed by atoms with E-state index < -0.39 is 0 Å². The molecule has 28 heavy (non-hydrogen) atoms. The first kappa shape index (κ1) is 18.7. The normalized spacial score (nSPS) is 11.1. The number of rotatable bonds is 5. The standard InChI is InChI=1S/C22H20ClN3OS/c1-14-3-9-18(10-4-14)26-22-19(15(2)25-26)13-20(28-22)21(27)24-12-11-16-5-7-17(23)8-6-16/h3-10,13H,11-12H2,1-2H3,(H,24,27). The minimum absolute atomic E-state index is 0.0509. The van der Waals surface area contributed by atoms with Crippen molar-refractivity contribution in [3.63, 3.8) is 0 Å². The van der Waals surface area contributed by atoms with Crippen molar-refractivity contribution in [1.29, 1.82) is 0 Å². The van der Waals surface area contributed by atoms with Crippen LogP contribution in [0.4, 0.5) is 0 Å². The molecule has 2 aromatic carbocycles. The third-order valence-corrected chi connectivity index (χ3v) is 6.02. The molecule has 0 unspecified atom stereocenters. The quantitative estimate of drug-likeness (QED) is 0.484. The summed E-state index contributed by atoms with van der Waals surface area (Å²) in [6, 6.07) is 17.9. The second kappa shape index (κ2) is 7.78. The summed E-state index contributed by atoms with van der Waals surface area (Å²) in [7, 11) is 0. The third kappa shape index (κ3) is 3.81.